The Morgan fingerprint density at radius 3 is 2.36 bits per heavy atom. The average molecular weight is 484 g/mol. The third-order valence-corrected chi connectivity index (χ3v) is 7.80. The van der Waals surface area contributed by atoms with Gasteiger partial charge in [0, 0.05) is 24.5 Å². The van der Waals surface area contributed by atoms with Crippen LogP contribution in [0.3, 0.4) is 0 Å². The first-order valence-electron chi connectivity index (χ1n) is 10.6. The molecule has 0 bridgehead atoms. The molecule has 172 valence electrons. The van der Waals surface area contributed by atoms with Crippen molar-refractivity contribution < 1.29 is 18.0 Å². The third-order valence-electron chi connectivity index (χ3n) is 5.55. The van der Waals surface area contributed by atoms with E-state index in [0.29, 0.717) is 35.8 Å². The van der Waals surface area contributed by atoms with E-state index < -0.39 is 10.0 Å². The van der Waals surface area contributed by atoms with Crippen LogP contribution >= 0.6 is 11.3 Å². The van der Waals surface area contributed by atoms with Gasteiger partial charge in [0.2, 0.25) is 5.91 Å². The minimum Gasteiger partial charge on any atom is -0.337 e. The van der Waals surface area contributed by atoms with Crippen LogP contribution in [-0.4, -0.2) is 38.2 Å². The average Bonchev–Trinajstić information content (AvgIpc) is 3.35. The molecule has 1 saturated heterocycles. The van der Waals surface area contributed by atoms with Gasteiger partial charge in [0.1, 0.15) is 0 Å². The van der Waals surface area contributed by atoms with Crippen molar-refractivity contribution in [2.45, 2.75) is 24.7 Å². The minimum atomic E-state index is -3.69. The van der Waals surface area contributed by atoms with E-state index >= 15 is 0 Å². The third kappa shape index (κ3) is 5.61. The zero-order valence-electron chi connectivity index (χ0n) is 18.2. The number of likely N-dealkylation sites (tertiary alicyclic amines) is 1. The van der Waals surface area contributed by atoms with Gasteiger partial charge < -0.3 is 10.2 Å². The van der Waals surface area contributed by atoms with Crippen LogP contribution in [0.1, 0.15) is 28.1 Å². The highest BCUT2D eigenvalue weighted by atomic mass is 32.2. The van der Waals surface area contributed by atoms with Gasteiger partial charge in [0.25, 0.3) is 15.9 Å². The lowest BCUT2D eigenvalue weighted by Gasteiger charge is -2.31. The Bertz CT molecular complexity index is 1220. The quantitative estimate of drug-likeness (QED) is 0.545. The standard InChI is InChI=1S/C24H25N3O4S2/c1-17-6-12-21(13-7-17)33(30,31)26-20-10-8-19(9-11-20)25-23(28)18-4-2-14-27(16-18)24(29)22-5-3-15-32-22/h3,5-13,15,18,26H,2,4,14,16H2,1H3,(H,25,28). The molecular weight excluding hydrogens is 458 g/mol. The number of hydrogen-bond donors (Lipinski definition) is 2. The van der Waals surface area contributed by atoms with Crippen molar-refractivity contribution in [1.29, 1.82) is 0 Å². The second-order valence-corrected chi connectivity index (χ2v) is 10.7. The molecule has 1 fully saturated rings. The van der Waals surface area contributed by atoms with Gasteiger partial charge in [-0.1, -0.05) is 23.8 Å². The molecule has 0 spiro atoms. The summed E-state index contributed by atoms with van der Waals surface area (Å²) in [7, 11) is -3.69. The molecule has 1 aliphatic heterocycles. The highest BCUT2D eigenvalue weighted by Gasteiger charge is 2.29. The predicted molar refractivity (Wildman–Crippen MR) is 130 cm³/mol. The molecule has 2 N–H and O–H groups in total. The van der Waals surface area contributed by atoms with E-state index in [1.54, 1.807) is 59.5 Å². The number of nitrogens with zero attached hydrogens (tertiary/aromatic N) is 1. The van der Waals surface area contributed by atoms with Gasteiger partial charge in [-0.3, -0.25) is 14.3 Å². The lowest BCUT2D eigenvalue weighted by atomic mass is 9.97. The first-order chi connectivity index (χ1) is 15.8. The number of piperidine rings is 1. The van der Waals surface area contributed by atoms with Crippen LogP contribution in [0.15, 0.2) is 70.9 Å². The van der Waals surface area contributed by atoms with Crippen LogP contribution in [0.2, 0.25) is 0 Å². The van der Waals surface area contributed by atoms with Gasteiger partial charge in [-0.05, 0) is 67.6 Å². The number of amides is 2. The number of benzene rings is 2. The van der Waals surface area contributed by atoms with E-state index in [0.717, 1.165) is 12.0 Å². The summed E-state index contributed by atoms with van der Waals surface area (Å²) in [5.74, 6) is -0.471. The van der Waals surface area contributed by atoms with Crippen molar-refractivity contribution in [3.63, 3.8) is 0 Å². The van der Waals surface area contributed by atoms with E-state index in [2.05, 4.69) is 10.0 Å². The smallest absolute Gasteiger partial charge is 0.263 e. The normalized spacial score (nSPS) is 16.3. The topological polar surface area (TPSA) is 95.6 Å². The second-order valence-electron chi connectivity index (χ2n) is 8.05. The zero-order chi connectivity index (χ0) is 23.4. The van der Waals surface area contributed by atoms with Crippen molar-refractivity contribution in [2.24, 2.45) is 5.92 Å². The van der Waals surface area contributed by atoms with E-state index in [-0.39, 0.29) is 22.6 Å². The molecule has 0 radical (unpaired) electrons. The summed E-state index contributed by atoms with van der Waals surface area (Å²) < 4.78 is 27.6. The number of carbonyl (C=O) groups excluding carboxylic acids is 2. The second kappa shape index (κ2) is 9.76. The van der Waals surface area contributed by atoms with Gasteiger partial charge in [-0.25, -0.2) is 8.42 Å². The van der Waals surface area contributed by atoms with Gasteiger partial charge in [-0.2, -0.15) is 0 Å². The van der Waals surface area contributed by atoms with Crippen molar-refractivity contribution in [3.8, 4) is 0 Å². The monoisotopic (exact) mass is 483 g/mol. The summed E-state index contributed by atoms with van der Waals surface area (Å²) in [6, 6.07) is 16.8. The molecule has 0 saturated carbocycles. The molecule has 3 aromatic rings. The first kappa shape index (κ1) is 23.0. The van der Waals surface area contributed by atoms with Crippen LogP contribution in [-0.2, 0) is 14.8 Å². The summed E-state index contributed by atoms with van der Waals surface area (Å²) >= 11 is 1.40. The van der Waals surface area contributed by atoms with Crippen LogP contribution in [0.4, 0.5) is 11.4 Å². The SMILES string of the molecule is Cc1ccc(S(=O)(=O)Nc2ccc(NC(=O)C3CCCN(C(=O)c4cccs4)C3)cc2)cc1. The largest absolute Gasteiger partial charge is 0.337 e. The molecule has 9 heteroatoms. The maximum atomic E-state index is 12.8. The number of sulfonamides is 1. The lowest BCUT2D eigenvalue weighted by molar-refractivity contribution is -0.121. The zero-order valence-corrected chi connectivity index (χ0v) is 19.8. The fraction of sp³-hybridized carbons (Fsp3) is 0.250. The Labute approximate surface area is 197 Å². The molecule has 1 unspecified atom stereocenters. The van der Waals surface area contributed by atoms with Gasteiger partial charge in [0.05, 0.1) is 15.7 Å². The Kier molecular flexibility index (Phi) is 6.80. The van der Waals surface area contributed by atoms with E-state index in [4.69, 9.17) is 0 Å². The maximum absolute atomic E-state index is 12.8. The van der Waals surface area contributed by atoms with E-state index in [1.165, 1.54) is 11.3 Å². The van der Waals surface area contributed by atoms with Crippen molar-refractivity contribution in [1.82, 2.24) is 4.90 Å². The first-order valence-corrected chi connectivity index (χ1v) is 13.0. The summed E-state index contributed by atoms with van der Waals surface area (Å²) in [4.78, 5) is 28.0. The van der Waals surface area contributed by atoms with Crippen molar-refractivity contribution in [3.05, 3.63) is 76.5 Å². The summed E-state index contributed by atoms with van der Waals surface area (Å²) in [5, 5.41) is 4.75. The Morgan fingerprint density at radius 2 is 1.70 bits per heavy atom. The van der Waals surface area contributed by atoms with Crippen LogP contribution in [0.25, 0.3) is 0 Å². The molecular formula is C24H25N3O4S2. The van der Waals surface area contributed by atoms with E-state index in [9.17, 15) is 18.0 Å². The molecule has 1 atom stereocenters. The maximum Gasteiger partial charge on any atom is 0.263 e. The number of hydrogen-bond acceptors (Lipinski definition) is 5. The molecule has 0 aliphatic carbocycles. The molecule has 4 rings (SSSR count). The van der Waals surface area contributed by atoms with Crippen LogP contribution in [0, 0.1) is 12.8 Å². The van der Waals surface area contributed by atoms with E-state index in [1.807, 2.05) is 18.4 Å². The summed E-state index contributed by atoms with van der Waals surface area (Å²) in [6.45, 7) is 2.93. The number of anilines is 2. The number of nitrogens with one attached hydrogen (secondary N) is 2. The van der Waals surface area contributed by atoms with Crippen LogP contribution in [0.5, 0.6) is 0 Å². The van der Waals surface area contributed by atoms with Gasteiger partial charge in [-0.15, -0.1) is 11.3 Å². The Morgan fingerprint density at radius 1 is 1.00 bits per heavy atom. The number of carbonyl (C=O) groups is 2. The highest BCUT2D eigenvalue weighted by Crippen LogP contribution is 2.23. The van der Waals surface area contributed by atoms with Crippen molar-refractivity contribution >= 4 is 44.5 Å². The predicted octanol–water partition coefficient (Wildman–Crippen LogP) is 4.35. The fourth-order valence-electron chi connectivity index (χ4n) is 3.73. The molecule has 33 heavy (non-hydrogen) atoms. The van der Waals surface area contributed by atoms with Gasteiger partial charge >= 0.3 is 0 Å². The number of aryl methyl sites for hydroxylation is 1. The Balaban J connectivity index is 1.36. The fourth-order valence-corrected chi connectivity index (χ4v) is 5.48. The molecule has 2 amide bonds. The number of rotatable bonds is 6. The molecule has 2 aromatic carbocycles. The lowest BCUT2D eigenvalue weighted by Crippen LogP contribution is -2.43. The minimum absolute atomic E-state index is 0.0345. The molecule has 1 aromatic heterocycles. The molecule has 1 aliphatic rings. The molecule has 2 heterocycles. The number of thiophene rings is 1. The highest BCUT2D eigenvalue weighted by molar-refractivity contribution is 7.92. The Hall–Kier alpha value is -3.17. The molecule has 7 nitrogen and oxygen atoms in total. The van der Waals surface area contributed by atoms with Crippen LogP contribution < -0.4 is 10.0 Å². The van der Waals surface area contributed by atoms with Gasteiger partial charge in [0.15, 0.2) is 0 Å². The summed E-state index contributed by atoms with van der Waals surface area (Å²) in [5.41, 5.74) is 1.95. The van der Waals surface area contributed by atoms with Crippen molar-refractivity contribution in [2.75, 3.05) is 23.1 Å². The summed E-state index contributed by atoms with van der Waals surface area (Å²) in [6.07, 6.45) is 1.49.